The first-order chi connectivity index (χ1) is 12.1. The van der Waals surface area contributed by atoms with Crippen LogP contribution in [-0.4, -0.2) is 28.0 Å². The van der Waals surface area contributed by atoms with Crippen molar-refractivity contribution < 1.29 is 8.78 Å². The van der Waals surface area contributed by atoms with Crippen molar-refractivity contribution in [3.05, 3.63) is 63.0 Å². The maximum absolute atomic E-state index is 13.5. The molecule has 1 aromatic carbocycles. The van der Waals surface area contributed by atoms with Crippen LogP contribution in [0.25, 0.3) is 10.2 Å². The van der Waals surface area contributed by atoms with E-state index < -0.39 is 11.6 Å². The van der Waals surface area contributed by atoms with Crippen molar-refractivity contribution in [2.45, 2.75) is 25.3 Å². The number of likely N-dealkylation sites (tertiary alicyclic amines) is 1. The van der Waals surface area contributed by atoms with E-state index >= 15 is 0 Å². The van der Waals surface area contributed by atoms with Crippen LogP contribution in [0.5, 0.6) is 0 Å². The van der Waals surface area contributed by atoms with E-state index in [4.69, 9.17) is 0 Å². The fraction of sp³-hybridized carbons (Fsp3) is 0.333. The number of H-pyrrole nitrogens is 1. The Morgan fingerprint density at radius 1 is 1.28 bits per heavy atom. The quantitative estimate of drug-likeness (QED) is 0.775. The van der Waals surface area contributed by atoms with Gasteiger partial charge in [-0.3, -0.25) is 9.69 Å². The molecule has 4 rings (SSSR count). The molecule has 0 radical (unpaired) electrons. The number of fused-ring (bicyclic) bond motifs is 1. The number of aromatic amines is 1. The molecule has 1 aliphatic rings. The number of hydrogen-bond donors (Lipinski definition) is 1. The molecule has 1 unspecified atom stereocenters. The number of nitrogens with one attached hydrogen (secondary N) is 1. The van der Waals surface area contributed by atoms with Gasteiger partial charge in [-0.15, -0.1) is 11.3 Å². The summed E-state index contributed by atoms with van der Waals surface area (Å²) in [6, 6.07) is 5.98. The van der Waals surface area contributed by atoms with E-state index in [1.54, 1.807) is 6.07 Å². The Labute approximate surface area is 147 Å². The largest absolute Gasteiger partial charge is 0.308 e. The smallest absolute Gasteiger partial charge is 0.268 e. The van der Waals surface area contributed by atoms with E-state index in [1.165, 1.54) is 23.5 Å². The van der Waals surface area contributed by atoms with Gasteiger partial charge in [-0.05, 0) is 54.4 Å². The SMILES string of the molecule is O=c1[nH]c(CN2CCCC(c3ccc(F)c(F)c3)C2)nc2ccsc12. The zero-order chi connectivity index (χ0) is 17.4. The standard InChI is InChI=1S/C18H17F2N3OS/c19-13-4-3-11(8-14(13)20)12-2-1-6-23(9-12)10-16-21-15-5-7-25-17(15)18(24)22-16/h3-5,7-8,12H,1-2,6,9-10H2,(H,21,22,24). The van der Waals surface area contributed by atoms with E-state index in [9.17, 15) is 13.6 Å². The number of thiophene rings is 1. The fourth-order valence-corrected chi connectivity index (χ4v) is 4.17. The van der Waals surface area contributed by atoms with Gasteiger partial charge in [0.2, 0.25) is 0 Å². The van der Waals surface area contributed by atoms with Crippen molar-refractivity contribution in [2.24, 2.45) is 0 Å². The van der Waals surface area contributed by atoms with Crippen molar-refractivity contribution in [3.8, 4) is 0 Å². The highest BCUT2D eigenvalue weighted by atomic mass is 32.1. The van der Waals surface area contributed by atoms with E-state index in [-0.39, 0.29) is 11.5 Å². The molecule has 4 nitrogen and oxygen atoms in total. The molecule has 2 aromatic heterocycles. The molecule has 1 aliphatic heterocycles. The summed E-state index contributed by atoms with van der Waals surface area (Å²) < 4.78 is 27.3. The minimum atomic E-state index is -0.817. The lowest BCUT2D eigenvalue weighted by atomic mass is 9.90. The Balaban J connectivity index is 1.52. The lowest BCUT2D eigenvalue weighted by Crippen LogP contribution is -2.35. The second-order valence-electron chi connectivity index (χ2n) is 6.40. The Morgan fingerprint density at radius 3 is 3.00 bits per heavy atom. The predicted octanol–water partition coefficient (Wildman–Crippen LogP) is 3.64. The molecule has 7 heteroatoms. The zero-order valence-electron chi connectivity index (χ0n) is 13.5. The summed E-state index contributed by atoms with van der Waals surface area (Å²) in [5.41, 5.74) is 1.43. The first-order valence-corrected chi connectivity index (χ1v) is 9.12. The Morgan fingerprint density at radius 2 is 2.16 bits per heavy atom. The first-order valence-electron chi connectivity index (χ1n) is 8.24. The highest BCUT2D eigenvalue weighted by molar-refractivity contribution is 7.17. The number of hydrogen-bond acceptors (Lipinski definition) is 4. The number of halogens is 2. The number of aromatic nitrogens is 2. The normalized spacial score (nSPS) is 18.7. The number of nitrogens with zero attached hydrogens (tertiary/aromatic N) is 2. The van der Waals surface area contributed by atoms with Crippen LogP contribution in [0.15, 0.2) is 34.4 Å². The fourth-order valence-electron chi connectivity index (χ4n) is 3.45. The van der Waals surface area contributed by atoms with Gasteiger partial charge in [0.15, 0.2) is 11.6 Å². The number of rotatable bonds is 3. The predicted molar refractivity (Wildman–Crippen MR) is 93.9 cm³/mol. The third kappa shape index (κ3) is 3.34. The first kappa shape index (κ1) is 16.4. The van der Waals surface area contributed by atoms with E-state index in [0.29, 0.717) is 17.1 Å². The molecule has 0 bridgehead atoms. The molecule has 0 saturated carbocycles. The molecular weight excluding hydrogens is 344 g/mol. The maximum atomic E-state index is 13.5. The molecule has 3 heterocycles. The molecular formula is C18H17F2N3OS. The molecule has 1 N–H and O–H groups in total. The molecule has 3 aromatic rings. The minimum Gasteiger partial charge on any atom is -0.308 e. The van der Waals surface area contributed by atoms with E-state index in [2.05, 4.69) is 14.9 Å². The molecule has 0 aliphatic carbocycles. The van der Waals surface area contributed by atoms with Crippen LogP contribution in [0.4, 0.5) is 8.78 Å². The molecule has 1 fully saturated rings. The second kappa shape index (κ2) is 6.65. The minimum absolute atomic E-state index is 0.107. The number of piperidine rings is 1. The number of benzene rings is 1. The van der Waals surface area contributed by atoms with Gasteiger partial charge in [-0.2, -0.15) is 0 Å². The monoisotopic (exact) mass is 361 g/mol. The van der Waals surface area contributed by atoms with Gasteiger partial charge in [-0.25, -0.2) is 13.8 Å². The molecule has 0 spiro atoms. The molecule has 0 amide bonds. The van der Waals surface area contributed by atoms with Gasteiger partial charge in [0.25, 0.3) is 5.56 Å². The van der Waals surface area contributed by atoms with Gasteiger partial charge < -0.3 is 4.98 Å². The van der Waals surface area contributed by atoms with Gasteiger partial charge in [0.1, 0.15) is 10.5 Å². The van der Waals surface area contributed by atoms with Crippen molar-refractivity contribution in [3.63, 3.8) is 0 Å². The zero-order valence-corrected chi connectivity index (χ0v) is 14.3. The maximum Gasteiger partial charge on any atom is 0.268 e. The third-order valence-electron chi connectivity index (χ3n) is 4.66. The Kier molecular flexibility index (Phi) is 4.35. The third-order valence-corrected chi connectivity index (χ3v) is 5.56. The molecule has 1 atom stereocenters. The van der Waals surface area contributed by atoms with E-state index in [0.717, 1.165) is 37.0 Å². The van der Waals surface area contributed by atoms with Crippen molar-refractivity contribution in [1.82, 2.24) is 14.9 Å². The summed E-state index contributed by atoms with van der Waals surface area (Å²) >= 11 is 1.38. The van der Waals surface area contributed by atoms with Crippen molar-refractivity contribution in [2.75, 3.05) is 13.1 Å². The van der Waals surface area contributed by atoms with Crippen LogP contribution >= 0.6 is 11.3 Å². The molecule has 1 saturated heterocycles. The highest BCUT2D eigenvalue weighted by Gasteiger charge is 2.23. The van der Waals surface area contributed by atoms with Crippen LogP contribution < -0.4 is 5.56 Å². The average Bonchev–Trinajstić information content (AvgIpc) is 3.07. The van der Waals surface area contributed by atoms with Gasteiger partial charge in [-0.1, -0.05) is 6.07 Å². The van der Waals surface area contributed by atoms with Crippen LogP contribution in [0, 0.1) is 11.6 Å². The summed E-state index contributed by atoms with van der Waals surface area (Å²) in [6.45, 7) is 2.17. The van der Waals surface area contributed by atoms with Gasteiger partial charge in [0.05, 0.1) is 12.1 Å². The molecule has 25 heavy (non-hydrogen) atoms. The summed E-state index contributed by atoms with van der Waals surface area (Å²) in [4.78, 5) is 21.6. The average molecular weight is 361 g/mol. The van der Waals surface area contributed by atoms with Crippen LogP contribution in [0.1, 0.15) is 30.1 Å². The summed E-state index contributed by atoms with van der Waals surface area (Å²) in [6.07, 6.45) is 1.91. The van der Waals surface area contributed by atoms with Crippen molar-refractivity contribution in [1.29, 1.82) is 0 Å². The van der Waals surface area contributed by atoms with Gasteiger partial charge in [0, 0.05) is 6.54 Å². The summed E-state index contributed by atoms with van der Waals surface area (Å²) in [5.74, 6) is -0.826. The highest BCUT2D eigenvalue weighted by Crippen LogP contribution is 2.28. The van der Waals surface area contributed by atoms with Gasteiger partial charge >= 0.3 is 0 Å². The Bertz CT molecular complexity index is 968. The van der Waals surface area contributed by atoms with Crippen LogP contribution in [0.3, 0.4) is 0 Å². The van der Waals surface area contributed by atoms with Crippen LogP contribution in [0.2, 0.25) is 0 Å². The topological polar surface area (TPSA) is 49.0 Å². The lowest BCUT2D eigenvalue weighted by Gasteiger charge is -2.32. The van der Waals surface area contributed by atoms with E-state index in [1.807, 2.05) is 11.4 Å². The second-order valence-corrected chi connectivity index (χ2v) is 7.31. The van der Waals surface area contributed by atoms with Crippen molar-refractivity contribution >= 4 is 21.6 Å². The molecule has 130 valence electrons. The lowest BCUT2D eigenvalue weighted by molar-refractivity contribution is 0.195. The summed E-state index contributed by atoms with van der Waals surface area (Å²) in [5, 5.41) is 1.86. The Hall–Kier alpha value is -2.12. The van der Waals surface area contributed by atoms with Crippen LogP contribution in [-0.2, 0) is 6.54 Å². The summed E-state index contributed by atoms with van der Waals surface area (Å²) in [7, 11) is 0.